The fraction of sp³-hybridized carbons (Fsp3) is 0.200. The van der Waals surface area contributed by atoms with E-state index in [1.807, 2.05) is 43.6 Å². The molecule has 2 heterocycles. The van der Waals surface area contributed by atoms with Crippen LogP contribution < -0.4 is 20.3 Å². The number of rotatable bonds is 7. The number of aromatic nitrogens is 1. The lowest BCUT2D eigenvalue weighted by molar-refractivity contribution is 0.101. The average molecular weight is 511 g/mol. The molecule has 0 atom stereocenters. The second kappa shape index (κ2) is 11.2. The van der Waals surface area contributed by atoms with E-state index in [0.717, 1.165) is 31.6 Å². The molecule has 0 aliphatic carbocycles. The summed E-state index contributed by atoms with van der Waals surface area (Å²) in [6.45, 7) is 1.63. The molecule has 1 aliphatic rings. The zero-order chi connectivity index (χ0) is 26.5. The third kappa shape index (κ3) is 6.04. The molecule has 194 valence electrons. The summed E-state index contributed by atoms with van der Waals surface area (Å²) in [6.07, 6.45) is 3.14. The molecule has 0 radical (unpaired) electrons. The third-order valence-electron chi connectivity index (χ3n) is 6.60. The molecule has 1 aliphatic heterocycles. The number of carbonyl (C=O) groups excluding carboxylic acids is 2. The number of aliphatic hydroxyl groups is 1. The number of hydrogen-bond donors (Lipinski definition) is 3. The minimum absolute atomic E-state index is 0.178. The van der Waals surface area contributed by atoms with Crippen molar-refractivity contribution in [2.24, 2.45) is 7.05 Å². The molecule has 8 heteroatoms. The summed E-state index contributed by atoms with van der Waals surface area (Å²) in [6, 6.07) is 25.4. The second-order valence-corrected chi connectivity index (χ2v) is 9.33. The number of anilines is 3. The lowest BCUT2D eigenvalue weighted by Gasteiger charge is -2.31. The maximum Gasteiger partial charge on any atom is 0.272 e. The number of carbonyl (C=O) groups is 2. The maximum atomic E-state index is 12.7. The zero-order valence-corrected chi connectivity index (χ0v) is 21.1. The molecular formula is C30H30N4O4. The molecule has 0 bridgehead atoms. The molecular weight excluding hydrogens is 480 g/mol. The molecule has 0 unspecified atom stereocenters. The molecule has 3 N–H and O–H groups in total. The first kappa shape index (κ1) is 25.1. The van der Waals surface area contributed by atoms with Crippen LogP contribution in [0.5, 0.6) is 11.5 Å². The van der Waals surface area contributed by atoms with Crippen LogP contribution in [0.25, 0.3) is 0 Å². The van der Waals surface area contributed by atoms with Crippen LogP contribution >= 0.6 is 0 Å². The highest BCUT2D eigenvalue weighted by Gasteiger charge is 2.17. The van der Waals surface area contributed by atoms with Gasteiger partial charge in [-0.25, -0.2) is 0 Å². The Morgan fingerprint density at radius 1 is 0.789 bits per heavy atom. The van der Waals surface area contributed by atoms with Crippen LogP contribution in [0, 0.1) is 0 Å². The first-order chi connectivity index (χ1) is 18.4. The highest BCUT2D eigenvalue weighted by molar-refractivity contribution is 6.04. The van der Waals surface area contributed by atoms with Crippen LogP contribution in [0.15, 0.2) is 91.1 Å². The van der Waals surface area contributed by atoms with E-state index in [2.05, 4.69) is 15.5 Å². The largest absolute Gasteiger partial charge is 0.457 e. The predicted octanol–water partition coefficient (Wildman–Crippen LogP) is 5.28. The van der Waals surface area contributed by atoms with Gasteiger partial charge < -0.3 is 29.9 Å². The summed E-state index contributed by atoms with van der Waals surface area (Å²) >= 11 is 0. The fourth-order valence-electron chi connectivity index (χ4n) is 4.39. The number of aliphatic hydroxyl groups excluding tert-OH is 1. The van der Waals surface area contributed by atoms with Crippen molar-refractivity contribution in [3.8, 4) is 11.5 Å². The molecule has 1 fully saturated rings. The summed E-state index contributed by atoms with van der Waals surface area (Å²) in [5, 5.41) is 15.5. The molecule has 0 spiro atoms. The van der Waals surface area contributed by atoms with Crippen LogP contribution in [0.3, 0.4) is 0 Å². The molecule has 3 aromatic carbocycles. The van der Waals surface area contributed by atoms with E-state index in [4.69, 9.17) is 4.74 Å². The van der Waals surface area contributed by atoms with Gasteiger partial charge in [-0.2, -0.15) is 0 Å². The van der Waals surface area contributed by atoms with Gasteiger partial charge in [0.05, 0.1) is 6.10 Å². The average Bonchev–Trinajstić information content (AvgIpc) is 3.37. The molecule has 5 rings (SSSR count). The Kier molecular flexibility index (Phi) is 7.42. The monoisotopic (exact) mass is 510 g/mol. The van der Waals surface area contributed by atoms with Gasteiger partial charge in [0.2, 0.25) is 0 Å². The fourth-order valence-corrected chi connectivity index (χ4v) is 4.39. The minimum Gasteiger partial charge on any atom is -0.457 e. The first-order valence-corrected chi connectivity index (χ1v) is 12.6. The van der Waals surface area contributed by atoms with Gasteiger partial charge in [0.15, 0.2) is 0 Å². The molecule has 2 amide bonds. The Labute approximate surface area is 221 Å². The topological polar surface area (TPSA) is 95.8 Å². The number of benzene rings is 3. The standard InChI is InChI=1S/C30H30N4O4/c1-33-18-2-3-28(33)30(37)32-23-8-14-27(15-9-23)38-26-12-6-22(7-13-26)31-29(36)21-4-10-24(11-5-21)34-19-16-25(35)17-20-34/h2-15,18,25,35H,16-17,19-20H2,1H3,(H,31,36)(H,32,37). The third-order valence-corrected chi connectivity index (χ3v) is 6.60. The van der Waals surface area contributed by atoms with Crippen molar-refractivity contribution in [1.29, 1.82) is 0 Å². The number of ether oxygens (including phenoxy) is 1. The Balaban J connectivity index is 1.13. The molecule has 38 heavy (non-hydrogen) atoms. The molecule has 1 saturated heterocycles. The summed E-state index contributed by atoms with van der Waals surface area (Å²) in [5.74, 6) is 0.885. The van der Waals surface area contributed by atoms with Gasteiger partial charge in [0.1, 0.15) is 17.2 Å². The van der Waals surface area contributed by atoms with E-state index in [0.29, 0.717) is 34.1 Å². The van der Waals surface area contributed by atoms with E-state index in [1.54, 1.807) is 59.2 Å². The van der Waals surface area contributed by atoms with Crippen molar-refractivity contribution in [1.82, 2.24) is 4.57 Å². The quantitative estimate of drug-likeness (QED) is 0.314. The smallest absolute Gasteiger partial charge is 0.272 e. The minimum atomic E-state index is -0.215. The second-order valence-electron chi connectivity index (χ2n) is 9.33. The zero-order valence-electron chi connectivity index (χ0n) is 21.1. The van der Waals surface area contributed by atoms with Crippen molar-refractivity contribution in [2.45, 2.75) is 18.9 Å². The molecule has 0 saturated carbocycles. The van der Waals surface area contributed by atoms with Crippen LogP contribution in [-0.2, 0) is 7.05 Å². The number of nitrogens with one attached hydrogen (secondary N) is 2. The highest BCUT2D eigenvalue weighted by atomic mass is 16.5. The van der Waals surface area contributed by atoms with Crippen LogP contribution in [0.4, 0.5) is 17.1 Å². The van der Waals surface area contributed by atoms with Gasteiger partial charge in [-0.15, -0.1) is 0 Å². The number of hydrogen-bond acceptors (Lipinski definition) is 5. The first-order valence-electron chi connectivity index (χ1n) is 12.6. The normalized spacial score (nSPS) is 13.7. The number of nitrogens with zero attached hydrogens (tertiary/aromatic N) is 2. The molecule has 8 nitrogen and oxygen atoms in total. The predicted molar refractivity (Wildman–Crippen MR) is 148 cm³/mol. The van der Waals surface area contributed by atoms with Crippen molar-refractivity contribution in [2.75, 3.05) is 28.6 Å². The van der Waals surface area contributed by atoms with Crippen molar-refractivity contribution in [3.05, 3.63) is 102 Å². The lowest BCUT2D eigenvalue weighted by Crippen LogP contribution is -2.35. The Hall–Kier alpha value is -4.56. The van der Waals surface area contributed by atoms with Crippen LogP contribution in [0.2, 0.25) is 0 Å². The summed E-state index contributed by atoms with van der Waals surface area (Å²) in [5.41, 5.74) is 3.54. The maximum absolute atomic E-state index is 12.7. The molecule has 4 aromatic rings. The van der Waals surface area contributed by atoms with Crippen molar-refractivity contribution >= 4 is 28.9 Å². The molecule has 1 aromatic heterocycles. The van der Waals surface area contributed by atoms with E-state index < -0.39 is 0 Å². The number of aryl methyl sites for hydroxylation is 1. The Morgan fingerprint density at radius 2 is 1.34 bits per heavy atom. The van der Waals surface area contributed by atoms with Crippen LogP contribution in [-0.4, -0.2) is 40.7 Å². The van der Waals surface area contributed by atoms with Gasteiger partial charge in [0, 0.05) is 49.0 Å². The number of piperidine rings is 1. The Bertz CT molecular complexity index is 1390. The number of amides is 2. The summed E-state index contributed by atoms with van der Waals surface area (Å²) in [4.78, 5) is 27.3. The summed E-state index contributed by atoms with van der Waals surface area (Å²) in [7, 11) is 1.82. The SMILES string of the molecule is Cn1cccc1C(=O)Nc1ccc(Oc2ccc(NC(=O)c3ccc(N4CCC(O)CC4)cc3)cc2)cc1. The van der Waals surface area contributed by atoms with Crippen molar-refractivity contribution < 1.29 is 19.4 Å². The van der Waals surface area contributed by atoms with Gasteiger partial charge >= 0.3 is 0 Å². The van der Waals surface area contributed by atoms with Crippen molar-refractivity contribution in [3.63, 3.8) is 0 Å². The highest BCUT2D eigenvalue weighted by Crippen LogP contribution is 2.25. The van der Waals surface area contributed by atoms with E-state index in [-0.39, 0.29) is 17.9 Å². The van der Waals surface area contributed by atoms with Crippen LogP contribution in [0.1, 0.15) is 33.7 Å². The van der Waals surface area contributed by atoms with E-state index >= 15 is 0 Å². The van der Waals surface area contributed by atoms with E-state index in [1.165, 1.54) is 0 Å². The lowest BCUT2D eigenvalue weighted by atomic mass is 10.1. The summed E-state index contributed by atoms with van der Waals surface area (Å²) < 4.78 is 7.66. The van der Waals surface area contributed by atoms with Gasteiger partial charge in [-0.3, -0.25) is 9.59 Å². The van der Waals surface area contributed by atoms with Gasteiger partial charge in [0.25, 0.3) is 11.8 Å². The van der Waals surface area contributed by atoms with Gasteiger partial charge in [-0.1, -0.05) is 0 Å². The van der Waals surface area contributed by atoms with Gasteiger partial charge in [-0.05, 0) is 97.8 Å². The Morgan fingerprint density at radius 3 is 1.87 bits per heavy atom. The van der Waals surface area contributed by atoms with E-state index in [9.17, 15) is 14.7 Å².